The van der Waals surface area contributed by atoms with Crippen LogP contribution < -0.4 is 24.8 Å². The van der Waals surface area contributed by atoms with Crippen LogP contribution in [-0.4, -0.2) is 31.7 Å². The molecule has 1 heterocycles. The van der Waals surface area contributed by atoms with Crippen LogP contribution in [-0.2, 0) is 13.1 Å². The highest BCUT2D eigenvalue weighted by Crippen LogP contribution is 2.27. The molecule has 0 saturated heterocycles. The van der Waals surface area contributed by atoms with Crippen LogP contribution in [0.2, 0.25) is 0 Å². The van der Waals surface area contributed by atoms with Crippen LogP contribution in [0, 0.1) is 5.82 Å². The molecule has 168 valence electrons. The molecule has 0 bridgehead atoms. The van der Waals surface area contributed by atoms with Crippen molar-refractivity contribution in [2.45, 2.75) is 20.0 Å². The number of aromatic nitrogens is 1. The van der Waals surface area contributed by atoms with Crippen LogP contribution in [0.3, 0.4) is 0 Å². The molecular formula is C24H27FN4O3. The molecule has 2 aromatic carbocycles. The Kier molecular flexibility index (Phi) is 8.25. The average molecular weight is 439 g/mol. The predicted octanol–water partition coefficient (Wildman–Crippen LogP) is 4.29. The van der Waals surface area contributed by atoms with E-state index in [2.05, 4.69) is 20.6 Å². The Bertz CT molecular complexity index is 1040. The lowest BCUT2D eigenvalue weighted by molar-refractivity contribution is 0.354. The van der Waals surface area contributed by atoms with Gasteiger partial charge in [-0.3, -0.25) is 0 Å². The first-order valence-electron chi connectivity index (χ1n) is 10.2. The van der Waals surface area contributed by atoms with E-state index in [-0.39, 0.29) is 5.82 Å². The van der Waals surface area contributed by atoms with Crippen molar-refractivity contribution in [3.8, 4) is 23.1 Å². The molecule has 0 radical (unpaired) electrons. The molecular weight excluding hydrogens is 411 g/mol. The minimum atomic E-state index is -0.313. The summed E-state index contributed by atoms with van der Waals surface area (Å²) in [5.41, 5.74) is 1.97. The van der Waals surface area contributed by atoms with E-state index in [0.29, 0.717) is 42.2 Å². The van der Waals surface area contributed by atoms with Crippen molar-refractivity contribution in [1.29, 1.82) is 0 Å². The summed E-state index contributed by atoms with van der Waals surface area (Å²) < 4.78 is 29.4. The summed E-state index contributed by atoms with van der Waals surface area (Å²) in [4.78, 5) is 8.86. The second kappa shape index (κ2) is 11.5. The molecule has 7 nitrogen and oxygen atoms in total. The molecule has 1 aromatic heterocycles. The number of nitrogens with one attached hydrogen (secondary N) is 2. The highest BCUT2D eigenvalue weighted by atomic mass is 19.1. The van der Waals surface area contributed by atoms with Gasteiger partial charge in [0.15, 0.2) is 17.5 Å². The summed E-state index contributed by atoms with van der Waals surface area (Å²) in [5.74, 6) is 2.67. The van der Waals surface area contributed by atoms with Crippen molar-refractivity contribution in [3.05, 3.63) is 77.7 Å². The smallest absolute Gasteiger partial charge is 0.219 e. The molecule has 0 aliphatic rings. The molecule has 0 fully saturated rings. The van der Waals surface area contributed by atoms with Crippen molar-refractivity contribution < 1.29 is 18.6 Å². The van der Waals surface area contributed by atoms with E-state index in [1.54, 1.807) is 32.5 Å². The van der Waals surface area contributed by atoms with E-state index in [1.165, 1.54) is 12.1 Å². The van der Waals surface area contributed by atoms with Gasteiger partial charge in [-0.25, -0.2) is 14.4 Å². The van der Waals surface area contributed by atoms with E-state index < -0.39 is 0 Å². The van der Waals surface area contributed by atoms with Crippen LogP contribution in [0.5, 0.6) is 23.1 Å². The molecule has 0 saturated carbocycles. The number of hydrogen-bond acceptors (Lipinski definition) is 5. The largest absolute Gasteiger partial charge is 0.493 e. The zero-order valence-electron chi connectivity index (χ0n) is 18.4. The fourth-order valence-corrected chi connectivity index (χ4v) is 2.92. The van der Waals surface area contributed by atoms with Gasteiger partial charge in [0.2, 0.25) is 5.88 Å². The molecule has 2 N–H and O–H groups in total. The van der Waals surface area contributed by atoms with Gasteiger partial charge in [-0.1, -0.05) is 6.07 Å². The van der Waals surface area contributed by atoms with Crippen LogP contribution in [0.1, 0.15) is 18.1 Å². The summed E-state index contributed by atoms with van der Waals surface area (Å²) in [7, 11) is 3.22. The number of methoxy groups -OCH3 is 2. The van der Waals surface area contributed by atoms with Gasteiger partial charge in [0.25, 0.3) is 0 Å². The first kappa shape index (κ1) is 22.9. The Morgan fingerprint density at radius 2 is 1.72 bits per heavy atom. The Labute approximate surface area is 187 Å². The number of rotatable bonds is 9. The molecule has 0 atom stereocenters. The van der Waals surface area contributed by atoms with E-state index in [4.69, 9.17) is 14.2 Å². The molecule has 0 amide bonds. The van der Waals surface area contributed by atoms with Gasteiger partial charge in [0.1, 0.15) is 11.6 Å². The Balaban J connectivity index is 1.63. The van der Waals surface area contributed by atoms with E-state index in [1.807, 2.05) is 37.3 Å². The Morgan fingerprint density at radius 3 is 2.44 bits per heavy atom. The summed E-state index contributed by atoms with van der Waals surface area (Å²) in [5, 5.41) is 6.54. The predicted molar refractivity (Wildman–Crippen MR) is 122 cm³/mol. The maximum Gasteiger partial charge on any atom is 0.219 e. The second-order valence-corrected chi connectivity index (χ2v) is 6.80. The van der Waals surface area contributed by atoms with Crippen molar-refractivity contribution in [3.63, 3.8) is 0 Å². The minimum absolute atomic E-state index is 0.313. The summed E-state index contributed by atoms with van der Waals surface area (Å²) in [6.07, 6.45) is 1.67. The number of pyridine rings is 1. The van der Waals surface area contributed by atoms with Gasteiger partial charge in [-0.05, 0) is 60.5 Å². The maximum atomic E-state index is 13.1. The number of aliphatic imine (C=N–C) groups is 1. The molecule has 0 unspecified atom stereocenters. The quantitative estimate of drug-likeness (QED) is 0.384. The molecule has 3 aromatic rings. The molecule has 0 aliphatic heterocycles. The average Bonchev–Trinajstić information content (AvgIpc) is 2.82. The zero-order chi connectivity index (χ0) is 22.8. The van der Waals surface area contributed by atoms with Gasteiger partial charge in [-0.2, -0.15) is 0 Å². The molecule has 8 heteroatoms. The van der Waals surface area contributed by atoms with Crippen molar-refractivity contribution in [2.24, 2.45) is 4.99 Å². The zero-order valence-corrected chi connectivity index (χ0v) is 18.4. The number of hydrogen-bond donors (Lipinski definition) is 2. The number of benzene rings is 2. The van der Waals surface area contributed by atoms with Gasteiger partial charge in [-0.15, -0.1) is 0 Å². The van der Waals surface area contributed by atoms with Crippen molar-refractivity contribution in [1.82, 2.24) is 15.6 Å². The van der Waals surface area contributed by atoms with E-state index in [9.17, 15) is 4.39 Å². The lowest BCUT2D eigenvalue weighted by atomic mass is 10.2. The normalized spacial score (nSPS) is 11.1. The van der Waals surface area contributed by atoms with Crippen LogP contribution in [0.15, 0.2) is 65.8 Å². The number of ether oxygens (including phenoxy) is 3. The topological polar surface area (TPSA) is 77.0 Å². The number of nitrogens with zero attached hydrogens (tertiary/aromatic N) is 2. The monoisotopic (exact) mass is 438 g/mol. The lowest BCUT2D eigenvalue weighted by Crippen LogP contribution is -2.36. The first-order chi connectivity index (χ1) is 15.6. The lowest BCUT2D eigenvalue weighted by Gasteiger charge is -2.13. The van der Waals surface area contributed by atoms with E-state index in [0.717, 1.165) is 17.7 Å². The first-order valence-corrected chi connectivity index (χ1v) is 10.2. The van der Waals surface area contributed by atoms with Crippen molar-refractivity contribution in [2.75, 3.05) is 20.8 Å². The number of guanidine groups is 1. The van der Waals surface area contributed by atoms with Crippen molar-refractivity contribution >= 4 is 5.96 Å². The number of halogens is 1. The minimum Gasteiger partial charge on any atom is -0.493 e. The molecule has 3 rings (SSSR count). The highest BCUT2D eigenvalue weighted by Gasteiger charge is 2.06. The van der Waals surface area contributed by atoms with Crippen LogP contribution in [0.25, 0.3) is 0 Å². The molecule has 0 aliphatic carbocycles. The third-order valence-corrected chi connectivity index (χ3v) is 4.51. The second-order valence-electron chi connectivity index (χ2n) is 6.80. The van der Waals surface area contributed by atoms with Crippen LogP contribution >= 0.6 is 0 Å². The maximum absolute atomic E-state index is 13.1. The third-order valence-electron chi connectivity index (χ3n) is 4.51. The van der Waals surface area contributed by atoms with Gasteiger partial charge in [0, 0.05) is 25.4 Å². The Morgan fingerprint density at radius 1 is 0.938 bits per heavy atom. The van der Waals surface area contributed by atoms with E-state index >= 15 is 0 Å². The summed E-state index contributed by atoms with van der Waals surface area (Å²) >= 11 is 0. The molecule has 0 spiro atoms. The Hall–Kier alpha value is -3.81. The third kappa shape index (κ3) is 6.60. The van der Waals surface area contributed by atoms with Crippen LogP contribution in [0.4, 0.5) is 4.39 Å². The van der Waals surface area contributed by atoms with Gasteiger partial charge < -0.3 is 24.8 Å². The standard InChI is InChI=1S/C24H27FN4O3/c1-4-26-24(28-15-17-5-10-21(30-2)22(13-17)31-3)29-16-18-11-12-27-23(14-18)32-20-8-6-19(25)7-9-20/h5-14H,4,15-16H2,1-3H3,(H2,26,28,29). The fraction of sp³-hybridized carbons (Fsp3) is 0.250. The van der Waals surface area contributed by atoms with Gasteiger partial charge >= 0.3 is 0 Å². The highest BCUT2D eigenvalue weighted by molar-refractivity contribution is 5.79. The SMILES string of the molecule is CCNC(=NCc1ccc(OC)c(OC)c1)NCc1ccnc(Oc2ccc(F)cc2)c1. The summed E-state index contributed by atoms with van der Waals surface area (Å²) in [6.45, 7) is 3.74. The molecule has 32 heavy (non-hydrogen) atoms. The van der Waals surface area contributed by atoms with Gasteiger partial charge in [0.05, 0.1) is 20.8 Å². The summed E-state index contributed by atoms with van der Waals surface area (Å²) in [6, 6.07) is 15.3. The fourth-order valence-electron chi connectivity index (χ4n) is 2.92.